The second-order valence-corrected chi connectivity index (χ2v) is 8.54. The summed E-state index contributed by atoms with van der Waals surface area (Å²) in [5.74, 6) is 0.267. The highest BCUT2D eigenvalue weighted by atomic mass is 35.5. The molecule has 0 spiro atoms. The van der Waals surface area contributed by atoms with E-state index in [1.807, 2.05) is 35.7 Å². The molecule has 0 aliphatic carbocycles. The van der Waals surface area contributed by atoms with Crippen molar-refractivity contribution in [2.75, 3.05) is 45.8 Å². The Morgan fingerprint density at radius 1 is 1.06 bits per heavy atom. The van der Waals surface area contributed by atoms with Crippen LogP contribution in [0, 0.1) is 0 Å². The predicted octanol–water partition coefficient (Wildman–Crippen LogP) is 2.37. The summed E-state index contributed by atoms with van der Waals surface area (Å²) in [5, 5.41) is 2.75. The molecular formula is C22H30ClN7S. The zero-order chi connectivity index (χ0) is 22.2. The van der Waals surface area contributed by atoms with Crippen molar-refractivity contribution in [3.05, 3.63) is 63.1 Å². The molecule has 1 aliphatic rings. The molecule has 31 heavy (non-hydrogen) atoms. The van der Waals surface area contributed by atoms with Crippen molar-refractivity contribution < 1.29 is 0 Å². The van der Waals surface area contributed by atoms with Gasteiger partial charge in [-0.15, -0.1) is 11.3 Å². The summed E-state index contributed by atoms with van der Waals surface area (Å²) in [6, 6.07) is 9.49. The van der Waals surface area contributed by atoms with Gasteiger partial charge in [0.1, 0.15) is 10.8 Å². The molecule has 1 aliphatic heterocycles. The molecule has 0 bridgehead atoms. The second-order valence-electron chi connectivity index (χ2n) is 7.26. The summed E-state index contributed by atoms with van der Waals surface area (Å²) < 4.78 is 0. The molecule has 166 valence electrons. The number of aliphatic imine (C=N–C) groups is 1. The monoisotopic (exact) mass is 459 g/mol. The zero-order valence-electron chi connectivity index (χ0n) is 17.8. The summed E-state index contributed by atoms with van der Waals surface area (Å²) >= 11 is 8.13. The van der Waals surface area contributed by atoms with Gasteiger partial charge < -0.3 is 22.1 Å². The fourth-order valence-electron chi connectivity index (χ4n) is 3.43. The van der Waals surface area contributed by atoms with Crippen LogP contribution in [-0.4, -0.2) is 66.4 Å². The average molecular weight is 460 g/mol. The number of hydrogen-bond donors (Lipinski definition) is 3. The first-order valence-electron chi connectivity index (χ1n) is 10.4. The number of nitrogens with two attached hydrogens (primary N) is 3. The van der Waals surface area contributed by atoms with Crippen LogP contribution in [0.5, 0.6) is 0 Å². The number of likely N-dealkylation sites (N-methyl/N-ethyl adjacent to an activating group) is 1. The van der Waals surface area contributed by atoms with Crippen LogP contribution >= 0.6 is 22.9 Å². The van der Waals surface area contributed by atoms with Gasteiger partial charge in [-0.3, -0.25) is 9.89 Å². The second kappa shape index (κ2) is 11.3. The molecule has 0 atom stereocenters. The van der Waals surface area contributed by atoms with Crippen LogP contribution in [0.25, 0.3) is 11.4 Å². The fraction of sp³-hybridized carbons (Fsp3) is 0.364. The molecular weight excluding hydrogens is 430 g/mol. The minimum absolute atomic E-state index is 0.267. The molecule has 6 N–H and O–H groups in total. The quantitative estimate of drug-likeness (QED) is 0.317. The molecule has 1 aromatic carbocycles. The smallest absolute Gasteiger partial charge is 0.139 e. The third-order valence-corrected chi connectivity index (χ3v) is 6.54. The van der Waals surface area contributed by atoms with E-state index in [2.05, 4.69) is 26.7 Å². The van der Waals surface area contributed by atoms with Gasteiger partial charge >= 0.3 is 0 Å². The van der Waals surface area contributed by atoms with E-state index in [0.717, 1.165) is 44.8 Å². The molecule has 0 saturated carbocycles. The number of hydrogen-bond acceptors (Lipinski definition) is 7. The Bertz CT molecular complexity index is 930. The van der Waals surface area contributed by atoms with Gasteiger partial charge in [0.25, 0.3) is 0 Å². The molecule has 3 rings (SSSR count). The summed E-state index contributed by atoms with van der Waals surface area (Å²) in [6.45, 7) is 8.92. The van der Waals surface area contributed by atoms with Crippen molar-refractivity contribution in [3.63, 3.8) is 0 Å². The molecule has 1 aromatic heterocycles. The van der Waals surface area contributed by atoms with Crippen LogP contribution in [0.4, 0.5) is 0 Å². The van der Waals surface area contributed by atoms with Crippen LogP contribution in [0.15, 0.2) is 57.5 Å². The van der Waals surface area contributed by atoms with Crippen LogP contribution in [-0.2, 0) is 0 Å². The van der Waals surface area contributed by atoms with Crippen molar-refractivity contribution in [1.29, 1.82) is 0 Å². The van der Waals surface area contributed by atoms with Crippen LogP contribution in [0.3, 0.4) is 0 Å². The van der Waals surface area contributed by atoms with Gasteiger partial charge in [-0.2, -0.15) is 0 Å². The third-order valence-electron chi connectivity index (χ3n) is 5.34. The molecule has 9 heteroatoms. The fourth-order valence-corrected chi connectivity index (χ4v) is 4.34. The molecule has 1 fully saturated rings. The van der Waals surface area contributed by atoms with Crippen LogP contribution in [0.1, 0.15) is 17.5 Å². The van der Waals surface area contributed by atoms with Gasteiger partial charge in [-0.25, -0.2) is 4.98 Å². The Balaban J connectivity index is 1.83. The highest BCUT2D eigenvalue weighted by molar-refractivity contribution is 7.10. The first-order valence-corrected chi connectivity index (χ1v) is 11.6. The Morgan fingerprint density at radius 3 is 2.35 bits per heavy atom. The van der Waals surface area contributed by atoms with Gasteiger partial charge in [0, 0.05) is 44.3 Å². The Labute approximate surface area is 192 Å². The van der Waals surface area contributed by atoms with Crippen molar-refractivity contribution in [3.8, 4) is 0 Å². The summed E-state index contributed by atoms with van der Waals surface area (Å²) in [6.07, 6.45) is 1.69. The number of thiazole rings is 1. The van der Waals surface area contributed by atoms with E-state index in [-0.39, 0.29) is 10.9 Å². The minimum Gasteiger partial charge on any atom is -0.397 e. The number of benzene rings is 1. The highest BCUT2D eigenvalue weighted by Gasteiger charge is 2.20. The van der Waals surface area contributed by atoms with Crippen LogP contribution < -0.4 is 17.2 Å². The Morgan fingerprint density at radius 2 is 1.74 bits per heavy atom. The lowest BCUT2D eigenvalue weighted by atomic mass is 10.1. The standard InChI is InChI=1S/C22H30ClN7S/c1-2-29-11-13-30(14-12-29)10-8-27-21(26)17(20(25)22-28-9-15-31-22)18(23)19(24)16-6-4-3-5-7-16/h3-7,9,15H,2,8,10-14,24-25H2,1H3,(H2,26,27)/b19-18+,20-17?. The first-order chi connectivity index (χ1) is 15.0. The number of piperazine rings is 1. The van der Waals surface area contributed by atoms with Gasteiger partial charge in [-0.1, -0.05) is 48.9 Å². The van der Waals surface area contributed by atoms with E-state index in [0.29, 0.717) is 28.5 Å². The lowest BCUT2D eigenvalue weighted by Crippen LogP contribution is -2.46. The first kappa shape index (κ1) is 23.3. The van der Waals surface area contributed by atoms with E-state index in [1.165, 1.54) is 11.3 Å². The molecule has 7 nitrogen and oxygen atoms in total. The summed E-state index contributed by atoms with van der Waals surface area (Å²) in [5.41, 5.74) is 21.2. The van der Waals surface area contributed by atoms with Gasteiger partial charge in [-0.05, 0) is 12.1 Å². The SMILES string of the molecule is CCN1CCN(CCN=C(N)C(=C(N)c2nccs2)/C(Cl)=C(\N)c2ccccc2)CC1. The number of amidine groups is 1. The molecule has 0 radical (unpaired) electrons. The van der Waals surface area contributed by atoms with Crippen molar-refractivity contribution in [2.24, 2.45) is 22.2 Å². The van der Waals surface area contributed by atoms with E-state index >= 15 is 0 Å². The Hall–Kier alpha value is -2.39. The summed E-state index contributed by atoms with van der Waals surface area (Å²) in [4.78, 5) is 13.7. The number of nitrogens with zero attached hydrogens (tertiary/aromatic N) is 4. The van der Waals surface area contributed by atoms with Gasteiger partial charge in [0.2, 0.25) is 0 Å². The van der Waals surface area contributed by atoms with E-state index in [4.69, 9.17) is 28.8 Å². The van der Waals surface area contributed by atoms with Gasteiger partial charge in [0.05, 0.1) is 28.5 Å². The predicted molar refractivity (Wildman–Crippen MR) is 132 cm³/mol. The average Bonchev–Trinajstić information content (AvgIpc) is 3.35. The minimum atomic E-state index is 0.267. The molecule has 1 saturated heterocycles. The number of aromatic nitrogens is 1. The maximum Gasteiger partial charge on any atom is 0.139 e. The number of rotatable bonds is 8. The van der Waals surface area contributed by atoms with Crippen molar-refractivity contribution in [1.82, 2.24) is 14.8 Å². The van der Waals surface area contributed by atoms with E-state index in [9.17, 15) is 0 Å². The van der Waals surface area contributed by atoms with Crippen molar-refractivity contribution >= 4 is 40.2 Å². The topological polar surface area (TPSA) is 110 Å². The van der Waals surface area contributed by atoms with E-state index in [1.54, 1.807) is 6.20 Å². The largest absolute Gasteiger partial charge is 0.397 e. The molecule has 0 unspecified atom stereocenters. The lowest BCUT2D eigenvalue weighted by molar-refractivity contribution is 0.140. The summed E-state index contributed by atoms with van der Waals surface area (Å²) in [7, 11) is 0. The number of halogens is 1. The lowest BCUT2D eigenvalue weighted by Gasteiger charge is -2.33. The highest BCUT2D eigenvalue weighted by Crippen LogP contribution is 2.28. The third kappa shape index (κ3) is 6.07. The Kier molecular flexibility index (Phi) is 8.48. The van der Waals surface area contributed by atoms with Crippen LogP contribution in [0.2, 0.25) is 0 Å². The van der Waals surface area contributed by atoms with Crippen molar-refractivity contribution in [2.45, 2.75) is 6.92 Å². The van der Waals surface area contributed by atoms with Gasteiger partial charge in [0.15, 0.2) is 0 Å². The maximum absolute atomic E-state index is 6.71. The normalized spacial score (nSPS) is 17.9. The molecule has 2 heterocycles. The molecule has 0 amide bonds. The molecule has 2 aromatic rings. The zero-order valence-corrected chi connectivity index (χ0v) is 19.4. The maximum atomic E-state index is 6.71. The van der Waals surface area contributed by atoms with E-state index < -0.39 is 0 Å².